The molecular formula is C14H22ClN3O. The van der Waals surface area contributed by atoms with Gasteiger partial charge in [0.15, 0.2) is 0 Å². The second kappa shape index (κ2) is 5.63. The Hall–Kier alpha value is -0.870. The van der Waals surface area contributed by atoms with Gasteiger partial charge in [-0.15, -0.1) is 11.6 Å². The first kappa shape index (κ1) is 14.5. The molecule has 1 fully saturated rings. The maximum atomic E-state index is 6.05. The number of halogens is 1. The van der Waals surface area contributed by atoms with Crippen LogP contribution in [0.5, 0.6) is 0 Å². The lowest BCUT2D eigenvalue weighted by Crippen LogP contribution is -2.48. The maximum absolute atomic E-state index is 6.05. The number of hydrogen-bond acceptors (Lipinski definition) is 4. The zero-order chi connectivity index (χ0) is 14.0. The first-order valence-corrected chi connectivity index (χ1v) is 7.27. The van der Waals surface area contributed by atoms with Crippen molar-refractivity contribution in [1.82, 2.24) is 9.97 Å². The van der Waals surface area contributed by atoms with Crippen molar-refractivity contribution in [3.8, 4) is 0 Å². The molecule has 4 nitrogen and oxygen atoms in total. The summed E-state index contributed by atoms with van der Waals surface area (Å²) in [4.78, 5) is 11.3. The second-order valence-electron chi connectivity index (χ2n) is 5.88. The van der Waals surface area contributed by atoms with Crippen LogP contribution in [0.3, 0.4) is 0 Å². The molecule has 1 aromatic rings. The van der Waals surface area contributed by atoms with E-state index in [1.54, 1.807) is 0 Å². The number of ether oxygens (including phenoxy) is 1. The maximum Gasteiger partial charge on any atom is 0.131 e. The molecule has 1 aliphatic rings. The van der Waals surface area contributed by atoms with Crippen LogP contribution in [0.15, 0.2) is 6.20 Å². The summed E-state index contributed by atoms with van der Waals surface area (Å²) in [7, 11) is 0. The second-order valence-corrected chi connectivity index (χ2v) is 6.15. The molecule has 0 radical (unpaired) electrons. The molecule has 106 valence electrons. The fourth-order valence-electron chi connectivity index (χ4n) is 2.29. The van der Waals surface area contributed by atoms with Crippen molar-refractivity contribution in [2.45, 2.75) is 45.1 Å². The van der Waals surface area contributed by atoms with Crippen molar-refractivity contribution in [2.24, 2.45) is 0 Å². The van der Waals surface area contributed by atoms with E-state index in [4.69, 9.17) is 16.3 Å². The quantitative estimate of drug-likeness (QED) is 0.800. The Balaban J connectivity index is 2.29. The van der Waals surface area contributed by atoms with Gasteiger partial charge in [-0.05, 0) is 13.8 Å². The predicted octanol–water partition coefficient (Wildman–Crippen LogP) is 2.95. The van der Waals surface area contributed by atoms with Gasteiger partial charge in [-0.25, -0.2) is 9.97 Å². The van der Waals surface area contributed by atoms with Gasteiger partial charge in [0.05, 0.1) is 35.7 Å². The van der Waals surface area contributed by atoms with Crippen LogP contribution in [0.2, 0.25) is 0 Å². The lowest BCUT2D eigenvalue weighted by molar-refractivity contribution is -0.0277. The minimum Gasteiger partial charge on any atom is -0.372 e. The van der Waals surface area contributed by atoms with Gasteiger partial charge in [-0.3, -0.25) is 0 Å². The van der Waals surface area contributed by atoms with Gasteiger partial charge in [0.1, 0.15) is 5.82 Å². The van der Waals surface area contributed by atoms with E-state index in [-0.39, 0.29) is 5.60 Å². The molecule has 1 saturated heterocycles. The first-order valence-electron chi connectivity index (χ1n) is 6.73. The van der Waals surface area contributed by atoms with E-state index in [1.165, 1.54) is 0 Å². The summed E-state index contributed by atoms with van der Waals surface area (Å²) in [6.45, 7) is 10.8. The van der Waals surface area contributed by atoms with Crippen molar-refractivity contribution >= 4 is 17.3 Å². The Morgan fingerprint density at radius 2 is 2.21 bits per heavy atom. The predicted molar refractivity (Wildman–Crippen MR) is 77.9 cm³/mol. The smallest absolute Gasteiger partial charge is 0.131 e. The van der Waals surface area contributed by atoms with Crippen molar-refractivity contribution in [3.05, 3.63) is 17.7 Å². The Kier molecular flexibility index (Phi) is 4.31. The highest BCUT2D eigenvalue weighted by Crippen LogP contribution is 2.26. The number of rotatable bonds is 3. The molecule has 5 heteroatoms. The molecule has 0 amide bonds. The first-order chi connectivity index (χ1) is 8.93. The normalized spacial score (nSPS) is 18.9. The molecule has 2 heterocycles. The van der Waals surface area contributed by atoms with Crippen molar-refractivity contribution in [3.63, 3.8) is 0 Å². The molecule has 0 saturated carbocycles. The Labute approximate surface area is 120 Å². The van der Waals surface area contributed by atoms with E-state index in [0.717, 1.165) is 36.9 Å². The van der Waals surface area contributed by atoms with Gasteiger partial charge < -0.3 is 9.64 Å². The number of aromatic nitrogens is 2. The molecular weight excluding hydrogens is 262 g/mol. The molecule has 19 heavy (non-hydrogen) atoms. The monoisotopic (exact) mass is 283 g/mol. The van der Waals surface area contributed by atoms with Gasteiger partial charge >= 0.3 is 0 Å². The van der Waals surface area contributed by atoms with Crippen LogP contribution in [0.25, 0.3) is 0 Å². The van der Waals surface area contributed by atoms with Gasteiger partial charge in [0.25, 0.3) is 0 Å². The molecule has 0 atom stereocenters. The number of alkyl halides is 1. The van der Waals surface area contributed by atoms with E-state index in [1.807, 2.05) is 6.20 Å². The lowest BCUT2D eigenvalue weighted by Gasteiger charge is -2.39. The van der Waals surface area contributed by atoms with Gasteiger partial charge in [0, 0.05) is 19.0 Å². The summed E-state index contributed by atoms with van der Waals surface area (Å²) in [5, 5.41) is 0. The molecule has 0 spiro atoms. The fourth-order valence-corrected chi connectivity index (χ4v) is 2.49. The summed E-state index contributed by atoms with van der Waals surface area (Å²) in [5.74, 6) is 1.58. The summed E-state index contributed by atoms with van der Waals surface area (Å²) in [6.07, 6.45) is 1.90. The van der Waals surface area contributed by atoms with Crippen molar-refractivity contribution < 1.29 is 4.74 Å². The minimum atomic E-state index is -0.140. The van der Waals surface area contributed by atoms with E-state index in [0.29, 0.717) is 11.8 Å². The fraction of sp³-hybridized carbons (Fsp3) is 0.714. The Morgan fingerprint density at radius 3 is 2.79 bits per heavy atom. The third kappa shape index (κ3) is 3.37. The average Bonchev–Trinajstić information content (AvgIpc) is 2.36. The largest absolute Gasteiger partial charge is 0.372 e. The number of morpholine rings is 1. The molecule has 0 aromatic carbocycles. The standard InChI is InChI=1S/C14H22ClN3O/c1-10(2)13-16-8-12(11(7-15)17-13)18-5-6-19-14(3,4)9-18/h8,10H,5-7,9H2,1-4H3. The molecule has 0 aliphatic carbocycles. The van der Waals surface area contributed by atoms with Crippen LogP contribution >= 0.6 is 11.6 Å². The lowest BCUT2D eigenvalue weighted by atomic mass is 10.1. The van der Waals surface area contributed by atoms with Gasteiger partial charge in [-0.1, -0.05) is 13.8 Å². The Bertz CT molecular complexity index is 448. The van der Waals surface area contributed by atoms with E-state index >= 15 is 0 Å². The molecule has 0 N–H and O–H groups in total. The minimum absolute atomic E-state index is 0.140. The molecule has 2 rings (SSSR count). The van der Waals surface area contributed by atoms with E-state index < -0.39 is 0 Å². The zero-order valence-electron chi connectivity index (χ0n) is 12.1. The average molecular weight is 284 g/mol. The topological polar surface area (TPSA) is 38.2 Å². The summed E-state index contributed by atoms with van der Waals surface area (Å²) < 4.78 is 5.74. The highest BCUT2D eigenvalue weighted by molar-refractivity contribution is 6.17. The van der Waals surface area contributed by atoms with Gasteiger partial charge in [-0.2, -0.15) is 0 Å². The van der Waals surface area contributed by atoms with Crippen LogP contribution < -0.4 is 4.90 Å². The van der Waals surface area contributed by atoms with E-state index in [9.17, 15) is 0 Å². The molecule has 1 aromatic heterocycles. The van der Waals surface area contributed by atoms with Gasteiger partial charge in [0.2, 0.25) is 0 Å². The highest BCUT2D eigenvalue weighted by Gasteiger charge is 2.28. The highest BCUT2D eigenvalue weighted by atomic mass is 35.5. The SMILES string of the molecule is CC(C)c1ncc(N2CCOC(C)(C)C2)c(CCl)n1. The molecule has 0 bridgehead atoms. The number of nitrogens with zero attached hydrogens (tertiary/aromatic N) is 3. The van der Waals surface area contributed by atoms with Crippen LogP contribution in [-0.4, -0.2) is 35.3 Å². The van der Waals surface area contributed by atoms with Crippen LogP contribution in [0.4, 0.5) is 5.69 Å². The van der Waals surface area contributed by atoms with Crippen LogP contribution in [-0.2, 0) is 10.6 Å². The number of hydrogen-bond donors (Lipinski definition) is 0. The molecule has 0 unspecified atom stereocenters. The van der Waals surface area contributed by atoms with Crippen molar-refractivity contribution in [1.29, 1.82) is 0 Å². The number of anilines is 1. The third-order valence-electron chi connectivity index (χ3n) is 3.27. The molecule has 1 aliphatic heterocycles. The Morgan fingerprint density at radius 1 is 1.47 bits per heavy atom. The zero-order valence-corrected chi connectivity index (χ0v) is 12.9. The van der Waals surface area contributed by atoms with Crippen molar-refractivity contribution in [2.75, 3.05) is 24.6 Å². The van der Waals surface area contributed by atoms with E-state index in [2.05, 4.69) is 42.6 Å². The van der Waals surface area contributed by atoms with Crippen LogP contribution in [0, 0.1) is 0 Å². The third-order valence-corrected chi connectivity index (χ3v) is 3.53. The van der Waals surface area contributed by atoms with Crippen LogP contribution in [0.1, 0.15) is 45.1 Å². The summed E-state index contributed by atoms with van der Waals surface area (Å²) >= 11 is 6.05. The summed E-state index contributed by atoms with van der Waals surface area (Å²) in [5.41, 5.74) is 1.81. The summed E-state index contributed by atoms with van der Waals surface area (Å²) in [6, 6.07) is 0.